The van der Waals surface area contributed by atoms with Gasteiger partial charge in [0, 0.05) is 31.2 Å². The van der Waals surface area contributed by atoms with Crippen LogP contribution in [0.1, 0.15) is 12.5 Å². The van der Waals surface area contributed by atoms with Crippen molar-refractivity contribution in [2.24, 2.45) is 0 Å². The van der Waals surface area contributed by atoms with Gasteiger partial charge in [-0.05, 0) is 42.4 Å². The maximum Gasteiger partial charge on any atom is 0.228 e. The first kappa shape index (κ1) is 18.7. The number of nitrogens with one attached hydrogen (secondary N) is 1. The average molecular weight is 376 g/mol. The van der Waals surface area contributed by atoms with Crippen LogP contribution >= 0.6 is 11.6 Å². The number of rotatable bonds is 5. The monoisotopic (exact) mass is 375 g/mol. The number of hydrogen-bond acceptors (Lipinski definition) is 3. The fraction of sp³-hybridized carbons (Fsp3) is 0.350. The molecule has 0 unspecified atom stereocenters. The quantitative estimate of drug-likeness (QED) is 0.863. The summed E-state index contributed by atoms with van der Waals surface area (Å²) < 4.78 is 13.0. The molecule has 1 fully saturated rings. The zero-order valence-corrected chi connectivity index (χ0v) is 15.6. The van der Waals surface area contributed by atoms with E-state index < -0.39 is 0 Å². The van der Waals surface area contributed by atoms with E-state index in [0.717, 1.165) is 49.7 Å². The fourth-order valence-corrected chi connectivity index (χ4v) is 3.34. The summed E-state index contributed by atoms with van der Waals surface area (Å²) in [6.45, 7) is 7.05. The van der Waals surface area contributed by atoms with Gasteiger partial charge in [-0.15, -0.1) is 0 Å². The third-order valence-corrected chi connectivity index (χ3v) is 4.91. The molecule has 0 saturated carbocycles. The van der Waals surface area contributed by atoms with Crippen LogP contribution in [0.2, 0.25) is 5.02 Å². The van der Waals surface area contributed by atoms with E-state index in [4.69, 9.17) is 11.6 Å². The summed E-state index contributed by atoms with van der Waals surface area (Å²) in [6, 6.07) is 11.6. The van der Waals surface area contributed by atoms with Crippen LogP contribution in [0.4, 0.5) is 15.8 Å². The van der Waals surface area contributed by atoms with Gasteiger partial charge in [0.2, 0.25) is 5.91 Å². The molecule has 0 radical (unpaired) electrons. The van der Waals surface area contributed by atoms with Gasteiger partial charge in [0.25, 0.3) is 0 Å². The first-order chi connectivity index (χ1) is 12.5. The minimum absolute atomic E-state index is 0.146. The summed E-state index contributed by atoms with van der Waals surface area (Å²) in [7, 11) is 0. The molecule has 0 aliphatic carbocycles. The molecule has 0 atom stereocenters. The third kappa shape index (κ3) is 4.74. The zero-order chi connectivity index (χ0) is 18.5. The van der Waals surface area contributed by atoms with Gasteiger partial charge in [-0.25, -0.2) is 4.39 Å². The van der Waals surface area contributed by atoms with E-state index in [1.807, 2.05) is 12.1 Å². The number of benzene rings is 2. The molecule has 1 saturated heterocycles. The van der Waals surface area contributed by atoms with Gasteiger partial charge in [0.15, 0.2) is 0 Å². The Balaban J connectivity index is 1.71. The van der Waals surface area contributed by atoms with Crippen LogP contribution in [-0.2, 0) is 11.2 Å². The average Bonchev–Trinajstić information content (AvgIpc) is 2.64. The van der Waals surface area contributed by atoms with Crippen molar-refractivity contribution in [2.75, 3.05) is 42.9 Å². The fourth-order valence-electron chi connectivity index (χ4n) is 3.17. The van der Waals surface area contributed by atoms with Crippen molar-refractivity contribution in [2.45, 2.75) is 13.3 Å². The minimum atomic E-state index is -0.308. The Hall–Kier alpha value is -2.11. The van der Waals surface area contributed by atoms with Crippen LogP contribution in [-0.4, -0.2) is 43.5 Å². The number of carbonyl (C=O) groups excluding carboxylic acids is 1. The first-order valence-electron chi connectivity index (χ1n) is 8.86. The summed E-state index contributed by atoms with van der Waals surface area (Å²) in [5.74, 6) is -0.454. The molecule has 2 aromatic rings. The molecule has 2 aromatic carbocycles. The molecule has 1 N–H and O–H groups in total. The Bertz CT molecular complexity index is 758. The zero-order valence-electron chi connectivity index (χ0n) is 14.8. The normalized spacial score (nSPS) is 15.1. The first-order valence-corrected chi connectivity index (χ1v) is 9.24. The van der Waals surface area contributed by atoms with Crippen molar-refractivity contribution < 1.29 is 9.18 Å². The molecule has 1 heterocycles. The number of piperazine rings is 1. The maximum absolute atomic E-state index is 13.0. The smallest absolute Gasteiger partial charge is 0.228 e. The lowest BCUT2D eigenvalue weighted by Crippen LogP contribution is -2.46. The summed E-state index contributed by atoms with van der Waals surface area (Å²) in [4.78, 5) is 17.1. The van der Waals surface area contributed by atoms with Crippen LogP contribution in [0.3, 0.4) is 0 Å². The number of hydrogen-bond donors (Lipinski definition) is 1. The van der Waals surface area contributed by atoms with Crippen molar-refractivity contribution in [3.8, 4) is 0 Å². The largest absolute Gasteiger partial charge is 0.367 e. The van der Waals surface area contributed by atoms with Gasteiger partial charge >= 0.3 is 0 Å². The maximum atomic E-state index is 13.0. The van der Waals surface area contributed by atoms with E-state index in [-0.39, 0.29) is 18.1 Å². The molecule has 0 aromatic heterocycles. The number of anilines is 2. The molecule has 0 bridgehead atoms. The second-order valence-electron chi connectivity index (χ2n) is 6.43. The minimum Gasteiger partial charge on any atom is -0.367 e. The number of nitrogens with zero attached hydrogens (tertiary/aromatic N) is 2. The van der Waals surface area contributed by atoms with Gasteiger partial charge in [-0.2, -0.15) is 0 Å². The number of likely N-dealkylation sites (N-methyl/N-ethyl adjacent to an activating group) is 1. The summed E-state index contributed by atoms with van der Waals surface area (Å²) in [5.41, 5.74) is 2.47. The van der Waals surface area contributed by atoms with E-state index in [1.165, 1.54) is 12.1 Å². The Labute approximate surface area is 158 Å². The second-order valence-corrected chi connectivity index (χ2v) is 6.87. The van der Waals surface area contributed by atoms with Gasteiger partial charge in [-0.3, -0.25) is 4.79 Å². The molecule has 1 aliphatic heterocycles. The predicted octanol–water partition coefficient (Wildman–Crippen LogP) is 3.80. The standard InChI is InChI=1S/C20H23ClFN3O/c1-2-24-9-11-25(12-10-24)19-8-5-16(21)14-18(19)23-20(26)13-15-3-6-17(22)7-4-15/h3-8,14H,2,9-13H2,1H3,(H,23,26). The highest BCUT2D eigenvalue weighted by Crippen LogP contribution is 2.30. The highest BCUT2D eigenvalue weighted by atomic mass is 35.5. The molecule has 138 valence electrons. The van der Waals surface area contributed by atoms with Crippen molar-refractivity contribution in [3.63, 3.8) is 0 Å². The predicted molar refractivity (Wildman–Crippen MR) is 105 cm³/mol. The van der Waals surface area contributed by atoms with Gasteiger partial charge in [0.1, 0.15) is 5.82 Å². The van der Waals surface area contributed by atoms with Gasteiger partial charge in [0.05, 0.1) is 17.8 Å². The topological polar surface area (TPSA) is 35.6 Å². The number of carbonyl (C=O) groups is 1. The Kier molecular flexibility index (Phi) is 6.12. The molecule has 6 heteroatoms. The molecule has 3 rings (SSSR count). The Morgan fingerprint density at radius 3 is 2.46 bits per heavy atom. The molecule has 4 nitrogen and oxygen atoms in total. The van der Waals surface area contributed by atoms with E-state index >= 15 is 0 Å². The summed E-state index contributed by atoms with van der Waals surface area (Å²) >= 11 is 6.14. The molecule has 1 aliphatic rings. The molecular formula is C20H23ClFN3O. The number of amides is 1. The Morgan fingerprint density at radius 2 is 1.81 bits per heavy atom. The van der Waals surface area contributed by atoms with E-state index in [2.05, 4.69) is 22.0 Å². The van der Waals surface area contributed by atoms with E-state index in [1.54, 1.807) is 18.2 Å². The second kappa shape index (κ2) is 8.52. The van der Waals surface area contributed by atoms with Crippen molar-refractivity contribution in [1.29, 1.82) is 0 Å². The summed E-state index contributed by atoms with van der Waals surface area (Å²) in [6.07, 6.45) is 0.190. The lowest BCUT2D eigenvalue weighted by atomic mass is 10.1. The van der Waals surface area contributed by atoms with Crippen molar-refractivity contribution in [3.05, 3.63) is 58.9 Å². The van der Waals surface area contributed by atoms with Crippen molar-refractivity contribution in [1.82, 2.24) is 4.90 Å². The molecule has 0 spiro atoms. The van der Waals surface area contributed by atoms with Crippen LogP contribution in [0, 0.1) is 5.82 Å². The number of halogens is 2. The highest BCUT2D eigenvalue weighted by Gasteiger charge is 2.19. The lowest BCUT2D eigenvalue weighted by molar-refractivity contribution is -0.115. The van der Waals surface area contributed by atoms with E-state index in [0.29, 0.717) is 5.02 Å². The highest BCUT2D eigenvalue weighted by molar-refractivity contribution is 6.31. The van der Waals surface area contributed by atoms with Gasteiger partial charge < -0.3 is 15.1 Å². The molecular weight excluding hydrogens is 353 g/mol. The van der Waals surface area contributed by atoms with Crippen LogP contribution in [0.15, 0.2) is 42.5 Å². The SMILES string of the molecule is CCN1CCN(c2ccc(Cl)cc2NC(=O)Cc2ccc(F)cc2)CC1. The Morgan fingerprint density at radius 1 is 1.12 bits per heavy atom. The van der Waals surface area contributed by atoms with Crippen LogP contribution in [0.5, 0.6) is 0 Å². The lowest BCUT2D eigenvalue weighted by Gasteiger charge is -2.36. The molecule has 1 amide bonds. The van der Waals surface area contributed by atoms with Crippen LogP contribution in [0.25, 0.3) is 0 Å². The van der Waals surface area contributed by atoms with Gasteiger partial charge in [-0.1, -0.05) is 30.7 Å². The van der Waals surface area contributed by atoms with Crippen LogP contribution < -0.4 is 10.2 Å². The van der Waals surface area contributed by atoms with Crippen molar-refractivity contribution >= 4 is 28.9 Å². The van der Waals surface area contributed by atoms with E-state index in [9.17, 15) is 9.18 Å². The third-order valence-electron chi connectivity index (χ3n) is 4.67. The summed E-state index contributed by atoms with van der Waals surface area (Å²) in [5, 5.41) is 3.55. The molecule has 26 heavy (non-hydrogen) atoms.